The van der Waals surface area contributed by atoms with Gasteiger partial charge in [0.2, 0.25) is 0 Å². The summed E-state index contributed by atoms with van der Waals surface area (Å²) in [5.74, 6) is 0.148. The van der Waals surface area contributed by atoms with Crippen molar-refractivity contribution in [1.82, 2.24) is 4.98 Å². The van der Waals surface area contributed by atoms with Gasteiger partial charge in [-0.15, -0.1) is 0 Å². The van der Waals surface area contributed by atoms with Gasteiger partial charge in [-0.1, -0.05) is 18.2 Å². The van der Waals surface area contributed by atoms with Gasteiger partial charge in [-0.25, -0.2) is 0 Å². The first kappa shape index (κ1) is 13.4. The number of anilines is 1. The monoisotopic (exact) mass is 288 g/mol. The van der Waals surface area contributed by atoms with Gasteiger partial charge in [0.05, 0.1) is 0 Å². The number of halogens is 2. The maximum Gasteiger partial charge on any atom is 0.387 e. The molecule has 2 aromatic carbocycles. The lowest BCUT2D eigenvalue weighted by Crippen LogP contribution is -2.03. The van der Waals surface area contributed by atoms with Crippen LogP contribution in [0.3, 0.4) is 0 Å². The lowest BCUT2D eigenvalue weighted by atomic mass is 10.1. The second-order valence-electron chi connectivity index (χ2n) is 4.66. The molecule has 5 heteroatoms. The van der Waals surface area contributed by atoms with Crippen LogP contribution in [0.4, 0.5) is 14.5 Å². The number of benzene rings is 2. The minimum atomic E-state index is -2.81. The zero-order valence-electron chi connectivity index (χ0n) is 11.1. The van der Waals surface area contributed by atoms with Gasteiger partial charge in [0.25, 0.3) is 0 Å². The molecule has 0 spiro atoms. The lowest BCUT2D eigenvalue weighted by Gasteiger charge is -2.09. The molecule has 0 bridgehead atoms. The maximum atomic E-state index is 12.2. The number of H-pyrrole nitrogens is 1. The fraction of sp³-hybridized carbons (Fsp3) is 0.125. The van der Waals surface area contributed by atoms with Crippen LogP contribution in [0.1, 0.15) is 5.56 Å². The molecule has 108 valence electrons. The minimum Gasteiger partial charge on any atom is -0.435 e. The van der Waals surface area contributed by atoms with Gasteiger partial charge in [-0.2, -0.15) is 8.78 Å². The number of nitrogens with one attached hydrogen (secondary N) is 2. The van der Waals surface area contributed by atoms with Crippen LogP contribution in [0.15, 0.2) is 54.7 Å². The average Bonchev–Trinajstić information content (AvgIpc) is 2.92. The van der Waals surface area contributed by atoms with Gasteiger partial charge < -0.3 is 15.0 Å². The zero-order chi connectivity index (χ0) is 14.7. The molecule has 0 aliphatic heterocycles. The standard InChI is InChI=1S/C16H14F2N2O/c17-16(18)21-14-3-1-2-13(9-14)20-10-11-4-5-12-6-7-19-15(12)8-11/h1-9,16,19-20H,10H2. The molecule has 3 aromatic rings. The van der Waals surface area contributed by atoms with E-state index in [1.165, 1.54) is 6.07 Å². The predicted molar refractivity (Wildman–Crippen MR) is 78.7 cm³/mol. The Morgan fingerprint density at radius 1 is 1.10 bits per heavy atom. The summed E-state index contributed by atoms with van der Waals surface area (Å²) in [7, 11) is 0. The Balaban J connectivity index is 1.69. The number of rotatable bonds is 5. The van der Waals surface area contributed by atoms with E-state index < -0.39 is 6.61 Å². The third-order valence-corrected chi connectivity index (χ3v) is 3.18. The van der Waals surface area contributed by atoms with Crippen LogP contribution in [0.25, 0.3) is 10.9 Å². The predicted octanol–water partition coefficient (Wildman–Crippen LogP) is 4.38. The van der Waals surface area contributed by atoms with Crippen molar-refractivity contribution in [3.05, 3.63) is 60.3 Å². The average molecular weight is 288 g/mol. The van der Waals surface area contributed by atoms with E-state index >= 15 is 0 Å². The third-order valence-electron chi connectivity index (χ3n) is 3.18. The van der Waals surface area contributed by atoms with E-state index in [1.807, 2.05) is 30.5 Å². The molecule has 1 aromatic heterocycles. The Kier molecular flexibility index (Phi) is 3.73. The van der Waals surface area contributed by atoms with E-state index in [9.17, 15) is 8.78 Å². The Labute approximate surface area is 120 Å². The summed E-state index contributed by atoms with van der Waals surface area (Å²) in [6.07, 6.45) is 1.90. The topological polar surface area (TPSA) is 37.0 Å². The van der Waals surface area contributed by atoms with Gasteiger partial charge in [-0.3, -0.25) is 0 Å². The van der Waals surface area contributed by atoms with Gasteiger partial charge >= 0.3 is 6.61 Å². The SMILES string of the molecule is FC(F)Oc1cccc(NCc2ccc3cc[nH]c3c2)c1. The maximum absolute atomic E-state index is 12.2. The van der Waals surface area contributed by atoms with Crippen LogP contribution in [-0.2, 0) is 6.54 Å². The molecule has 3 rings (SSSR count). The Morgan fingerprint density at radius 3 is 2.86 bits per heavy atom. The van der Waals surface area contributed by atoms with Crippen LogP contribution in [0.2, 0.25) is 0 Å². The quantitative estimate of drug-likeness (QED) is 0.731. The molecular weight excluding hydrogens is 274 g/mol. The Bertz CT molecular complexity index is 740. The van der Waals surface area contributed by atoms with E-state index in [1.54, 1.807) is 12.1 Å². The summed E-state index contributed by atoms with van der Waals surface area (Å²) in [5, 5.41) is 4.35. The highest BCUT2D eigenvalue weighted by Crippen LogP contribution is 2.20. The van der Waals surface area contributed by atoms with Gasteiger partial charge in [-0.05, 0) is 35.2 Å². The first-order chi connectivity index (χ1) is 10.2. The molecule has 21 heavy (non-hydrogen) atoms. The Morgan fingerprint density at radius 2 is 2.00 bits per heavy atom. The number of aromatic amines is 1. The molecule has 0 amide bonds. The summed E-state index contributed by atoms with van der Waals surface area (Å²) in [6, 6.07) is 14.7. The largest absolute Gasteiger partial charge is 0.435 e. The summed E-state index contributed by atoms with van der Waals surface area (Å²) in [5.41, 5.74) is 2.91. The number of ether oxygens (including phenoxy) is 1. The molecule has 0 atom stereocenters. The first-order valence-corrected chi connectivity index (χ1v) is 6.55. The Hall–Kier alpha value is -2.56. The number of alkyl halides is 2. The van der Waals surface area contributed by atoms with E-state index in [4.69, 9.17) is 0 Å². The summed E-state index contributed by atoms with van der Waals surface area (Å²) >= 11 is 0. The summed E-state index contributed by atoms with van der Waals surface area (Å²) in [4.78, 5) is 3.16. The van der Waals surface area contributed by atoms with Crippen LogP contribution in [0, 0.1) is 0 Å². The summed E-state index contributed by atoms with van der Waals surface area (Å²) in [6.45, 7) is -2.21. The number of hydrogen-bond donors (Lipinski definition) is 2. The number of fused-ring (bicyclic) bond motifs is 1. The number of hydrogen-bond acceptors (Lipinski definition) is 2. The highest BCUT2D eigenvalue weighted by molar-refractivity contribution is 5.79. The molecule has 0 fully saturated rings. The van der Waals surface area contributed by atoms with Gasteiger partial charge in [0, 0.05) is 30.0 Å². The van der Waals surface area contributed by atoms with Crippen molar-refractivity contribution in [2.75, 3.05) is 5.32 Å². The lowest BCUT2D eigenvalue weighted by molar-refractivity contribution is -0.0498. The van der Waals surface area contributed by atoms with Gasteiger partial charge in [0.1, 0.15) is 5.75 Å². The van der Waals surface area contributed by atoms with Crippen molar-refractivity contribution >= 4 is 16.6 Å². The molecular formula is C16H14F2N2O. The number of aromatic nitrogens is 1. The smallest absolute Gasteiger partial charge is 0.387 e. The molecule has 0 saturated carbocycles. The highest BCUT2D eigenvalue weighted by atomic mass is 19.3. The van der Waals surface area contributed by atoms with Crippen LogP contribution in [-0.4, -0.2) is 11.6 Å². The second-order valence-corrected chi connectivity index (χ2v) is 4.66. The fourth-order valence-corrected chi connectivity index (χ4v) is 2.19. The van der Waals surface area contributed by atoms with Crippen molar-refractivity contribution < 1.29 is 13.5 Å². The summed E-state index contributed by atoms with van der Waals surface area (Å²) < 4.78 is 28.7. The molecule has 0 aliphatic carbocycles. The fourth-order valence-electron chi connectivity index (χ4n) is 2.19. The van der Waals surface area contributed by atoms with E-state index in [0.29, 0.717) is 6.54 Å². The molecule has 3 nitrogen and oxygen atoms in total. The van der Waals surface area contributed by atoms with Crippen LogP contribution in [0.5, 0.6) is 5.75 Å². The molecule has 0 aliphatic rings. The minimum absolute atomic E-state index is 0.148. The van der Waals surface area contributed by atoms with Crippen LogP contribution >= 0.6 is 0 Å². The molecule has 0 radical (unpaired) electrons. The van der Waals surface area contributed by atoms with Crippen molar-refractivity contribution in [1.29, 1.82) is 0 Å². The van der Waals surface area contributed by atoms with E-state index in [-0.39, 0.29) is 5.75 Å². The van der Waals surface area contributed by atoms with Crippen molar-refractivity contribution in [2.24, 2.45) is 0 Å². The molecule has 0 unspecified atom stereocenters. The van der Waals surface area contributed by atoms with Gasteiger partial charge in [0.15, 0.2) is 0 Å². The van der Waals surface area contributed by atoms with Crippen molar-refractivity contribution in [3.8, 4) is 5.75 Å². The molecule has 1 heterocycles. The van der Waals surface area contributed by atoms with E-state index in [0.717, 1.165) is 22.2 Å². The van der Waals surface area contributed by atoms with Crippen molar-refractivity contribution in [3.63, 3.8) is 0 Å². The first-order valence-electron chi connectivity index (χ1n) is 6.55. The normalized spacial score (nSPS) is 11.0. The highest BCUT2D eigenvalue weighted by Gasteiger charge is 2.04. The zero-order valence-corrected chi connectivity index (χ0v) is 11.1. The second kappa shape index (κ2) is 5.83. The molecule has 2 N–H and O–H groups in total. The molecule has 0 saturated heterocycles. The van der Waals surface area contributed by atoms with Crippen molar-refractivity contribution in [2.45, 2.75) is 13.2 Å². The van der Waals surface area contributed by atoms with Crippen LogP contribution < -0.4 is 10.1 Å². The third kappa shape index (κ3) is 3.31. The van der Waals surface area contributed by atoms with E-state index in [2.05, 4.69) is 21.1 Å².